The molecule has 1 aromatic heterocycles. The molecule has 0 atom stereocenters. The van der Waals surface area contributed by atoms with E-state index in [1.807, 2.05) is 10.9 Å². The maximum atomic E-state index is 8.78. The number of nitrogens with zero attached hydrogens (tertiary/aromatic N) is 3. The summed E-state index contributed by atoms with van der Waals surface area (Å²) in [5.74, 6) is 0. The number of aliphatic hydroxyl groups is 1. The van der Waals surface area contributed by atoms with Crippen LogP contribution in [0.15, 0.2) is 6.20 Å². The van der Waals surface area contributed by atoms with Crippen LogP contribution in [0.1, 0.15) is 37.4 Å². The molecule has 2 rings (SSSR count). The minimum Gasteiger partial charge on any atom is -0.390 e. The molecular weight excluding hydrogens is 154 g/mol. The molecule has 1 N–H and O–H groups in total. The van der Waals surface area contributed by atoms with E-state index in [0.717, 1.165) is 0 Å². The first-order chi connectivity index (χ1) is 5.90. The van der Waals surface area contributed by atoms with Gasteiger partial charge in [-0.3, -0.25) is 0 Å². The van der Waals surface area contributed by atoms with Crippen LogP contribution in [-0.4, -0.2) is 20.1 Å². The molecule has 0 aromatic carbocycles. The van der Waals surface area contributed by atoms with Crippen molar-refractivity contribution in [3.63, 3.8) is 0 Å². The van der Waals surface area contributed by atoms with Crippen molar-refractivity contribution in [2.24, 2.45) is 0 Å². The molecule has 0 radical (unpaired) electrons. The van der Waals surface area contributed by atoms with Crippen molar-refractivity contribution >= 4 is 0 Å². The van der Waals surface area contributed by atoms with Crippen LogP contribution in [0.25, 0.3) is 0 Å². The van der Waals surface area contributed by atoms with E-state index in [4.69, 9.17) is 5.11 Å². The Morgan fingerprint density at radius 1 is 1.50 bits per heavy atom. The van der Waals surface area contributed by atoms with Gasteiger partial charge in [0.1, 0.15) is 5.69 Å². The first-order valence-corrected chi connectivity index (χ1v) is 4.41. The van der Waals surface area contributed by atoms with Gasteiger partial charge >= 0.3 is 0 Å². The average Bonchev–Trinajstić information content (AvgIpc) is 2.75. The summed E-state index contributed by atoms with van der Waals surface area (Å²) >= 11 is 0. The molecular formula is C8H13N3O. The van der Waals surface area contributed by atoms with Crippen molar-refractivity contribution in [3.05, 3.63) is 11.9 Å². The highest BCUT2D eigenvalue weighted by atomic mass is 16.3. The summed E-state index contributed by atoms with van der Waals surface area (Å²) in [4.78, 5) is 0. The van der Waals surface area contributed by atoms with Crippen molar-refractivity contribution < 1.29 is 5.11 Å². The molecule has 0 unspecified atom stereocenters. The van der Waals surface area contributed by atoms with Crippen molar-refractivity contribution in [1.29, 1.82) is 0 Å². The molecule has 66 valence electrons. The zero-order valence-electron chi connectivity index (χ0n) is 6.98. The molecule has 1 aliphatic rings. The maximum absolute atomic E-state index is 8.78. The molecule has 1 saturated carbocycles. The third kappa shape index (κ3) is 1.34. The number of hydrogen-bond donors (Lipinski definition) is 1. The predicted molar refractivity (Wildman–Crippen MR) is 43.4 cm³/mol. The Labute approximate surface area is 71.2 Å². The van der Waals surface area contributed by atoms with Crippen LogP contribution in [0, 0.1) is 0 Å². The Morgan fingerprint density at radius 2 is 2.25 bits per heavy atom. The Kier molecular flexibility index (Phi) is 2.08. The summed E-state index contributed by atoms with van der Waals surface area (Å²) in [5, 5.41) is 16.6. The molecule has 0 aliphatic heterocycles. The summed E-state index contributed by atoms with van der Waals surface area (Å²) in [6, 6.07) is 0.526. The number of rotatable bonds is 2. The topological polar surface area (TPSA) is 50.9 Å². The molecule has 12 heavy (non-hydrogen) atoms. The average molecular weight is 167 g/mol. The molecule has 1 aromatic rings. The van der Waals surface area contributed by atoms with Crippen LogP contribution in [0.4, 0.5) is 0 Å². The van der Waals surface area contributed by atoms with E-state index < -0.39 is 0 Å². The fourth-order valence-electron chi connectivity index (χ4n) is 1.73. The first-order valence-electron chi connectivity index (χ1n) is 4.41. The van der Waals surface area contributed by atoms with Gasteiger partial charge in [-0.1, -0.05) is 18.1 Å². The second kappa shape index (κ2) is 3.23. The highest BCUT2D eigenvalue weighted by molar-refractivity contribution is 4.91. The molecule has 0 bridgehead atoms. The lowest BCUT2D eigenvalue weighted by atomic mass is 10.2. The van der Waals surface area contributed by atoms with E-state index in [9.17, 15) is 0 Å². The predicted octanol–water partition coefficient (Wildman–Crippen LogP) is 0.885. The standard InChI is InChI=1S/C8H13N3O/c12-6-7-5-11(10-9-7)8-3-1-2-4-8/h5,8,12H,1-4,6H2. The normalized spacial score (nSPS) is 18.8. The molecule has 0 amide bonds. The van der Waals surface area contributed by atoms with E-state index in [0.29, 0.717) is 11.7 Å². The summed E-state index contributed by atoms with van der Waals surface area (Å²) in [6.07, 6.45) is 6.83. The largest absolute Gasteiger partial charge is 0.390 e. The van der Waals surface area contributed by atoms with Crippen LogP contribution in [0.2, 0.25) is 0 Å². The molecule has 1 aliphatic carbocycles. The van der Waals surface area contributed by atoms with Gasteiger partial charge in [0.05, 0.1) is 18.8 Å². The van der Waals surface area contributed by atoms with E-state index in [-0.39, 0.29) is 6.61 Å². The zero-order chi connectivity index (χ0) is 8.39. The Bertz CT molecular complexity index is 253. The lowest BCUT2D eigenvalue weighted by Crippen LogP contribution is -2.04. The zero-order valence-corrected chi connectivity index (χ0v) is 6.98. The van der Waals surface area contributed by atoms with Gasteiger partial charge in [-0.15, -0.1) is 5.10 Å². The summed E-state index contributed by atoms with van der Waals surface area (Å²) < 4.78 is 1.89. The van der Waals surface area contributed by atoms with Gasteiger partial charge in [-0.2, -0.15) is 0 Å². The van der Waals surface area contributed by atoms with Crippen LogP contribution in [-0.2, 0) is 6.61 Å². The molecule has 4 heteroatoms. The number of hydrogen-bond acceptors (Lipinski definition) is 3. The van der Waals surface area contributed by atoms with Gasteiger partial charge in [0.2, 0.25) is 0 Å². The molecule has 0 saturated heterocycles. The molecule has 0 spiro atoms. The van der Waals surface area contributed by atoms with Crippen molar-refractivity contribution in [2.45, 2.75) is 38.3 Å². The van der Waals surface area contributed by atoms with Crippen LogP contribution >= 0.6 is 0 Å². The van der Waals surface area contributed by atoms with E-state index in [1.54, 1.807) is 0 Å². The monoisotopic (exact) mass is 167 g/mol. The molecule has 4 nitrogen and oxygen atoms in total. The Morgan fingerprint density at radius 3 is 2.83 bits per heavy atom. The van der Waals surface area contributed by atoms with E-state index >= 15 is 0 Å². The van der Waals surface area contributed by atoms with Gasteiger partial charge < -0.3 is 5.11 Å². The summed E-state index contributed by atoms with van der Waals surface area (Å²) in [7, 11) is 0. The quantitative estimate of drug-likeness (QED) is 0.711. The van der Waals surface area contributed by atoms with Crippen molar-refractivity contribution in [1.82, 2.24) is 15.0 Å². The van der Waals surface area contributed by atoms with Gasteiger partial charge in [-0.25, -0.2) is 4.68 Å². The van der Waals surface area contributed by atoms with Crippen LogP contribution in [0.3, 0.4) is 0 Å². The van der Waals surface area contributed by atoms with Crippen molar-refractivity contribution in [3.8, 4) is 0 Å². The number of aliphatic hydroxyl groups excluding tert-OH is 1. The third-order valence-electron chi connectivity index (χ3n) is 2.42. The highest BCUT2D eigenvalue weighted by Gasteiger charge is 2.17. The Hall–Kier alpha value is -0.900. The van der Waals surface area contributed by atoms with Crippen molar-refractivity contribution in [2.75, 3.05) is 0 Å². The lowest BCUT2D eigenvalue weighted by Gasteiger charge is -2.06. The summed E-state index contributed by atoms with van der Waals surface area (Å²) in [6.45, 7) is -0.00722. The van der Waals surface area contributed by atoms with E-state index in [2.05, 4.69) is 10.3 Å². The lowest BCUT2D eigenvalue weighted by molar-refractivity contribution is 0.276. The van der Waals surface area contributed by atoms with Gasteiger partial charge in [-0.05, 0) is 12.8 Å². The van der Waals surface area contributed by atoms with Gasteiger partial charge in [0.15, 0.2) is 0 Å². The Balaban J connectivity index is 2.11. The highest BCUT2D eigenvalue weighted by Crippen LogP contribution is 2.28. The third-order valence-corrected chi connectivity index (χ3v) is 2.42. The van der Waals surface area contributed by atoms with E-state index in [1.165, 1.54) is 25.7 Å². The van der Waals surface area contributed by atoms with Crippen LogP contribution in [0.5, 0.6) is 0 Å². The second-order valence-corrected chi connectivity index (χ2v) is 3.29. The van der Waals surface area contributed by atoms with Gasteiger partial charge in [0.25, 0.3) is 0 Å². The molecule has 1 fully saturated rings. The minimum atomic E-state index is -0.00722. The first kappa shape index (κ1) is 7.73. The van der Waals surface area contributed by atoms with Gasteiger partial charge in [0, 0.05) is 0 Å². The minimum absolute atomic E-state index is 0.00722. The SMILES string of the molecule is OCc1cn(C2CCCC2)nn1. The summed E-state index contributed by atoms with van der Waals surface area (Å²) in [5.41, 5.74) is 0.668. The second-order valence-electron chi connectivity index (χ2n) is 3.29. The smallest absolute Gasteiger partial charge is 0.108 e. The maximum Gasteiger partial charge on any atom is 0.108 e. The fraction of sp³-hybridized carbons (Fsp3) is 0.750. The fourth-order valence-corrected chi connectivity index (χ4v) is 1.73. The van der Waals surface area contributed by atoms with Crippen LogP contribution < -0.4 is 0 Å². The molecule has 1 heterocycles. The number of aromatic nitrogens is 3.